The lowest BCUT2D eigenvalue weighted by Gasteiger charge is -2.10. The molecule has 0 aliphatic heterocycles. The molecule has 2 aromatic carbocycles. The Morgan fingerprint density at radius 1 is 1.07 bits per heavy atom. The van der Waals surface area contributed by atoms with Gasteiger partial charge in [0.1, 0.15) is 5.75 Å². The van der Waals surface area contributed by atoms with Crippen LogP contribution in [0.5, 0.6) is 5.75 Å². The monoisotopic (exact) mass is 458 g/mol. The number of H-pyrrole nitrogens is 1. The predicted molar refractivity (Wildman–Crippen MR) is 111 cm³/mol. The molecular weight excluding hydrogens is 442 g/mol. The third kappa shape index (κ3) is 4.07. The summed E-state index contributed by atoms with van der Waals surface area (Å²) in [7, 11) is 1.63. The smallest absolute Gasteiger partial charge is 0.159 e. The van der Waals surface area contributed by atoms with Crippen molar-refractivity contribution < 1.29 is 13.5 Å². The van der Waals surface area contributed by atoms with Crippen LogP contribution in [-0.4, -0.2) is 22.3 Å². The van der Waals surface area contributed by atoms with E-state index in [9.17, 15) is 8.78 Å². The van der Waals surface area contributed by atoms with Gasteiger partial charge in [-0.05, 0) is 63.3 Å². The zero-order valence-electron chi connectivity index (χ0n) is 15.5. The van der Waals surface area contributed by atoms with Crippen molar-refractivity contribution in [1.82, 2.24) is 15.2 Å². The van der Waals surface area contributed by atoms with E-state index in [1.807, 2.05) is 24.3 Å². The van der Waals surface area contributed by atoms with Gasteiger partial charge < -0.3 is 10.1 Å². The number of rotatable bonds is 6. The Labute approximate surface area is 174 Å². The number of methoxy groups -OCH3 is 1. The van der Waals surface area contributed by atoms with Crippen molar-refractivity contribution in [3.63, 3.8) is 0 Å². The van der Waals surface area contributed by atoms with Gasteiger partial charge in [0, 0.05) is 17.2 Å². The van der Waals surface area contributed by atoms with Gasteiger partial charge in [-0.15, -0.1) is 0 Å². The van der Waals surface area contributed by atoms with Crippen molar-refractivity contribution in [3.8, 4) is 5.75 Å². The van der Waals surface area contributed by atoms with Gasteiger partial charge in [-0.3, -0.25) is 5.10 Å². The molecule has 4 rings (SSSR count). The zero-order valence-corrected chi connectivity index (χ0v) is 17.1. The van der Waals surface area contributed by atoms with E-state index in [-0.39, 0.29) is 0 Å². The summed E-state index contributed by atoms with van der Waals surface area (Å²) >= 11 is 3.59. The maximum atomic E-state index is 13.5. The molecule has 8 heteroatoms. The molecule has 5 nitrogen and oxygen atoms in total. The van der Waals surface area contributed by atoms with Crippen molar-refractivity contribution in [2.75, 3.05) is 12.4 Å². The number of aromatic nitrogens is 3. The van der Waals surface area contributed by atoms with E-state index in [1.54, 1.807) is 13.3 Å². The topological polar surface area (TPSA) is 62.8 Å². The molecule has 0 bridgehead atoms. The number of benzene rings is 2. The summed E-state index contributed by atoms with van der Waals surface area (Å²) < 4.78 is 32.7. The fraction of sp³-hybridized carbons (Fsp3) is 0.143. The van der Waals surface area contributed by atoms with Gasteiger partial charge in [-0.25, -0.2) is 13.8 Å². The van der Waals surface area contributed by atoms with E-state index in [2.05, 4.69) is 36.4 Å². The Bertz CT molecular complexity index is 1160. The van der Waals surface area contributed by atoms with Gasteiger partial charge in [0.15, 0.2) is 23.1 Å². The molecule has 2 aromatic heterocycles. The summed E-state index contributed by atoms with van der Waals surface area (Å²) in [5, 5.41) is 11.3. The molecule has 2 N–H and O–H groups in total. The highest BCUT2D eigenvalue weighted by atomic mass is 79.9. The molecule has 0 fully saturated rings. The minimum absolute atomic E-state index is 0.297. The number of nitrogens with one attached hydrogen (secondary N) is 2. The van der Waals surface area contributed by atoms with Crippen molar-refractivity contribution in [1.29, 1.82) is 0 Å². The number of fused-ring (bicyclic) bond motifs is 1. The summed E-state index contributed by atoms with van der Waals surface area (Å²) in [6, 6.07) is 11.7. The normalized spacial score (nSPS) is 11.0. The second-order valence-electron chi connectivity index (χ2n) is 6.51. The number of ether oxygens (including phenoxy) is 1. The SMILES string of the molecule is COc1ccc(Cc2c(Br)cnc3[nH]nc(NCc4ccc(F)c(F)c4)c23)cc1. The van der Waals surface area contributed by atoms with Crippen LogP contribution in [0, 0.1) is 11.6 Å². The van der Waals surface area contributed by atoms with E-state index in [0.717, 1.165) is 32.8 Å². The molecule has 0 radical (unpaired) electrons. The van der Waals surface area contributed by atoms with Crippen LogP contribution in [0.3, 0.4) is 0 Å². The number of nitrogens with zero attached hydrogens (tertiary/aromatic N) is 2. The van der Waals surface area contributed by atoms with Gasteiger partial charge >= 0.3 is 0 Å². The molecule has 148 valence electrons. The molecule has 0 atom stereocenters. The maximum absolute atomic E-state index is 13.5. The van der Waals surface area contributed by atoms with E-state index < -0.39 is 11.6 Å². The third-order valence-electron chi connectivity index (χ3n) is 4.63. The molecule has 2 heterocycles. The fourth-order valence-corrected chi connectivity index (χ4v) is 3.56. The van der Waals surface area contributed by atoms with Crippen LogP contribution in [-0.2, 0) is 13.0 Å². The van der Waals surface area contributed by atoms with Crippen LogP contribution in [0.25, 0.3) is 11.0 Å². The lowest BCUT2D eigenvalue weighted by molar-refractivity contribution is 0.414. The van der Waals surface area contributed by atoms with Gasteiger partial charge in [-0.1, -0.05) is 18.2 Å². The van der Waals surface area contributed by atoms with Crippen LogP contribution in [0.4, 0.5) is 14.6 Å². The summed E-state index contributed by atoms with van der Waals surface area (Å²) in [5.41, 5.74) is 3.37. The maximum Gasteiger partial charge on any atom is 0.159 e. The van der Waals surface area contributed by atoms with Gasteiger partial charge in [0.05, 0.1) is 12.5 Å². The van der Waals surface area contributed by atoms with Gasteiger partial charge in [0.25, 0.3) is 0 Å². The predicted octanol–water partition coefficient (Wildman–Crippen LogP) is 5.21. The van der Waals surface area contributed by atoms with Crippen LogP contribution in [0.1, 0.15) is 16.7 Å². The standard InChI is InChI=1S/C21H17BrF2N4O/c1-29-14-5-2-12(3-6-14)8-15-16(22)11-26-21-19(15)20(27-28-21)25-10-13-4-7-17(23)18(24)9-13/h2-7,9,11H,8,10H2,1H3,(H2,25,26,27,28). The number of pyridine rings is 1. The van der Waals surface area contributed by atoms with Crippen molar-refractivity contribution in [2.24, 2.45) is 0 Å². The first kappa shape index (κ1) is 19.3. The molecule has 0 spiro atoms. The Hall–Kier alpha value is -3.00. The number of anilines is 1. The summed E-state index contributed by atoms with van der Waals surface area (Å²) in [6.45, 7) is 0.297. The Balaban J connectivity index is 1.64. The molecule has 0 saturated heterocycles. The molecule has 4 aromatic rings. The number of hydrogen-bond donors (Lipinski definition) is 2. The fourth-order valence-electron chi connectivity index (χ4n) is 3.11. The first-order chi connectivity index (χ1) is 14.0. The summed E-state index contributed by atoms with van der Waals surface area (Å²) in [4.78, 5) is 4.38. The average Bonchev–Trinajstić information content (AvgIpc) is 3.15. The van der Waals surface area contributed by atoms with Crippen molar-refractivity contribution in [2.45, 2.75) is 13.0 Å². The van der Waals surface area contributed by atoms with Crippen molar-refractivity contribution >= 4 is 32.8 Å². The number of halogens is 3. The van der Waals surface area contributed by atoms with E-state index in [1.165, 1.54) is 12.1 Å². The van der Waals surface area contributed by atoms with E-state index in [0.29, 0.717) is 30.0 Å². The zero-order chi connectivity index (χ0) is 20.4. The van der Waals surface area contributed by atoms with E-state index in [4.69, 9.17) is 4.74 Å². The second-order valence-corrected chi connectivity index (χ2v) is 7.36. The lowest BCUT2D eigenvalue weighted by atomic mass is 10.0. The Morgan fingerprint density at radius 3 is 2.55 bits per heavy atom. The first-order valence-electron chi connectivity index (χ1n) is 8.87. The van der Waals surface area contributed by atoms with Crippen LogP contribution in [0.2, 0.25) is 0 Å². The summed E-state index contributed by atoms with van der Waals surface area (Å²) in [5.74, 6) is -0.346. The van der Waals surface area contributed by atoms with E-state index >= 15 is 0 Å². The van der Waals surface area contributed by atoms with Crippen LogP contribution >= 0.6 is 15.9 Å². The quantitative estimate of drug-likeness (QED) is 0.416. The average molecular weight is 459 g/mol. The van der Waals surface area contributed by atoms with Crippen LogP contribution in [0.15, 0.2) is 53.1 Å². The largest absolute Gasteiger partial charge is 0.497 e. The first-order valence-corrected chi connectivity index (χ1v) is 9.66. The minimum atomic E-state index is -0.874. The lowest BCUT2D eigenvalue weighted by Crippen LogP contribution is -2.02. The Morgan fingerprint density at radius 2 is 1.83 bits per heavy atom. The van der Waals surface area contributed by atoms with Gasteiger partial charge in [-0.2, -0.15) is 5.10 Å². The molecular formula is C21H17BrF2N4O. The summed E-state index contributed by atoms with van der Waals surface area (Å²) in [6.07, 6.45) is 2.39. The Kier molecular flexibility index (Phi) is 5.44. The molecule has 29 heavy (non-hydrogen) atoms. The van der Waals surface area contributed by atoms with Gasteiger partial charge in [0.2, 0.25) is 0 Å². The highest BCUT2D eigenvalue weighted by Crippen LogP contribution is 2.31. The third-order valence-corrected chi connectivity index (χ3v) is 5.31. The molecule has 0 aliphatic rings. The molecule has 0 unspecified atom stereocenters. The molecule has 0 amide bonds. The number of aromatic amines is 1. The highest BCUT2D eigenvalue weighted by molar-refractivity contribution is 9.10. The van der Waals surface area contributed by atoms with Crippen LogP contribution < -0.4 is 10.1 Å². The molecule has 0 saturated carbocycles. The number of hydrogen-bond acceptors (Lipinski definition) is 4. The second kappa shape index (κ2) is 8.16. The highest BCUT2D eigenvalue weighted by Gasteiger charge is 2.15. The molecule has 0 aliphatic carbocycles. The van der Waals surface area contributed by atoms with Crippen molar-refractivity contribution in [3.05, 3.63) is 81.5 Å². The minimum Gasteiger partial charge on any atom is -0.497 e.